The largest absolute Gasteiger partial charge is 0.311 e. The van der Waals surface area contributed by atoms with Crippen molar-refractivity contribution in [2.24, 2.45) is 7.05 Å². The lowest BCUT2D eigenvalue weighted by atomic mass is 9.91. The van der Waals surface area contributed by atoms with Crippen LogP contribution in [0.2, 0.25) is 0 Å². The lowest BCUT2D eigenvalue weighted by molar-refractivity contribution is 0.400. The van der Waals surface area contributed by atoms with Crippen molar-refractivity contribution in [1.82, 2.24) is 15.1 Å². The van der Waals surface area contributed by atoms with Crippen molar-refractivity contribution >= 4 is 0 Å². The summed E-state index contributed by atoms with van der Waals surface area (Å²) in [4.78, 5) is 0. The molecule has 0 saturated carbocycles. The second kappa shape index (κ2) is 6.39. The molecular formula is C17H24FN3. The fraction of sp³-hybridized carbons (Fsp3) is 0.471. The predicted molar refractivity (Wildman–Crippen MR) is 83.8 cm³/mol. The van der Waals surface area contributed by atoms with Crippen LogP contribution in [0.3, 0.4) is 0 Å². The molecule has 3 nitrogen and oxygen atoms in total. The minimum absolute atomic E-state index is 0.0123. The van der Waals surface area contributed by atoms with E-state index in [4.69, 9.17) is 0 Å². The van der Waals surface area contributed by atoms with Crippen molar-refractivity contribution in [1.29, 1.82) is 0 Å². The van der Waals surface area contributed by atoms with E-state index in [0.717, 1.165) is 24.1 Å². The maximum absolute atomic E-state index is 14.1. The van der Waals surface area contributed by atoms with Crippen LogP contribution in [0.1, 0.15) is 37.8 Å². The third kappa shape index (κ3) is 4.67. The van der Waals surface area contributed by atoms with Crippen LogP contribution in [0.4, 0.5) is 4.39 Å². The zero-order chi connectivity index (χ0) is 15.5. The molecule has 0 spiro atoms. The maximum Gasteiger partial charge on any atom is 0.126 e. The first-order chi connectivity index (χ1) is 9.85. The van der Waals surface area contributed by atoms with Gasteiger partial charge in [0, 0.05) is 31.2 Å². The molecule has 0 amide bonds. The van der Waals surface area contributed by atoms with Crippen molar-refractivity contribution in [3.8, 4) is 0 Å². The number of nitrogens with zero attached hydrogens (tertiary/aromatic N) is 2. The zero-order valence-electron chi connectivity index (χ0n) is 13.2. The van der Waals surface area contributed by atoms with Crippen LogP contribution in [-0.4, -0.2) is 21.9 Å². The zero-order valence-corrected chi connectivity index (χ0v) is 13.2. The Morgan fingerprint density at radius 3 is 2.57 bits per heavy atom. The molecule has 1 aromatic heterocycles. The SMILES string of the molecule is Cn1cc(CC(CNC(C)(C)C)c2ccccc2F)cn1. The smallest absolute Gasteiger partial charge is 0.126 e. The molecule has 1 heterocycles. The molecule has 2 aromatic rings. The average Bonchev–Trinajstić information content (AvgIpc) is 2.80. The number of aromatic nitrogens is 2. The van der Waals surface area contributed by atoms with Gasteiger partial charge in [-0.05, 0) is 44.4 Å². The number of halogens is 1. The van der Waals surface area contributed by atoms with Gasteiger partial charge in [-0.1, -0.05) is 18.2 Å². The monoisotopic (exact) mass is 289 g/mol. The number of hydrogen-bond acceptors (Lipinski definition) is 2. The fourth-order valence-electron chi connectivity index (χ4n) is 2.39. The Balaban J connectivity index is 2.19. The highest BCUT2D eigenvalue weighted by molar-refractivity contribution is 5.24. The van der Waals surface area contributed by atoms with Gasteiger partial charge >= 0.3 is 0 Å². The number of rotatable bonds is 5. The van der Waals surface area contributed by atoms with Gasteiger partial charge in [0.15, 0.2) is 0 Å². The molecule has 0 aliphatic heterocycles. The first-order valence-electron chi connectivity index (χ1n) is 7.32. The molecule has 114 valence electrons. The van der Waals surface area contributed by atoms with Gasteiger partial charge in [-0.25, -0.2) is 4.39 Å². The van der Waals surface area contributed by atoms with Gasteiger partial charge < -0.3 is 5.32 Å². The van der Waals surface area contributed by atoms with E-state index in [1.807, 2.05) is 31.6 Å². The van der Waals surface area contributed by atoms with Crippen LogP contribution >= 0.6 is 0 Å². The third-order valence-electron chi connectivity index (χ3n) is 3.46. The topological polar surface area (TPSA) is 29.9 Å². The molecule has 0 saturated heterocycles. The van der Waals surface area contributed by atoms with Crippen LogP contribution in [0.5, 0.6) is 0 Å². The van der Waals surface area contributed by atoms with Gasteiger partial charge in [0.2, 0.25) is 0 Å². The van der Waals surface area contributed by atoms with Crippen LogP contribution in [-0.2, 0) is 13.5 Å². The molecule has 4 heteroatoms. The Labute approximate surface area is 126 Å². The normalized spacial score (nSPS) is 13.4. The summed E-state index contributed by atoms with van der Waals surface area (Å²) in [6, 6.07) is 7.03. The van der Waals surface area contributed by atoms with E-state index in [1.165, 1.54) is 6.07 Å². The van der Waals surface area contributed by atoms with Gasteiger partial charge in [0.25, 0.3) is 0 Å². The van der Waals surface area contributed by atoms with Crippen LogP contribution in [0, 0.1) is 5.82 Å². The summed E-state index contributed by atoms with van der Waals surface area (Å²) >= 11 is 0. The molecule has 1 atom stereocenters. The summed E-state index contributed by atoms with van der Waals surface area (Å²) in [7, 11) is 1.90. The maximum atomic E-state index is 14.1. The van der Waals surface area contributed by atoms with E-state index < -0.39 is 0 Å². The second-order valence-electron chi connectivity index (χ2n) is 6.58. The van der Waals surface area contributed by atoms with E-state index in [1.54, 1.807) is 10.7 Å². The van der Waals surface area contributed by atoms with Crippen molar-refractivity contribution in [3.63, 3.8) is 0 Å². The van der Waals surface area contributed by atoms with Crippen molar-refractivity contribution in [3.05, 3.63) is 53.6 Å². The van der Waals surface area contributed by atoms with Crippen molar-refractivity contribution < 1.29 is 4.39 Å². The molecule has 0 aliphatic carbocycles. The van der Waals surface area contributed by atoms with E-state index in [2.05, 4.69) is 31.2 Å². The summed E-state index contributed by atoms with van der Waals surface area (Å²) in [5.41, 5.74) is 1.90. The molecule has 0 fully saturated rings. The highest BCUT2D eigenvalue weighted by Gasteiger charge is 2.19. The van der Waals surface area contributed by atoms with Gasteiger partial charge in [-0.2, -0.15) is 5.10 Å². The van der Waals surface area contributed by atoms with Gasteiger partial charge in [-0.3, -0.25) is 4.68 Å². The molecule has 1 aromatic carbocycles. The van der Waals surface area contributed by atoms with Gasteiger partial charge in [-0.15, -0.1) is 0 Å². The standard InChI is InChI=1S/C17H24FN3/c1-17(2,3)19-11-14(9-13-10-20-21(4)12-13)15-7-5-6-8-16(15)18/h5-8,10,12,14,19H,9,11H2,1-4H3. The molecule has 1 N–H and O–H groups in total. The lowest BCUT2D eigenvalue weighted by Crippen LogP contribution is -2.39. The summed E-state index contributed by atoms with van der Waals surface area (Å²) in [5.74, 6) is -0.0447. The summed E-state index contributed by atoms with van der Waals surface area (Å²) in [5, 5.41) is 7.68. The van der Waals surface area contributed by atoms with Crippen molar-refractivity contribution in [2.75, 3.05) is 6.54 Å². The first-order valence-corrected chi connectivity index (χ1v) is 7.32. The number of benzene rings is 1. The Kier molecular flexibility index (Phi) is 4.78. The first kappa shape index (κ1) is 15.7. The summed E-state index contributed by atoms with van der Waals surface area (Å²) in [6.07, 6.45) is 4.62. The minimum Gasteiger partial charge on any atom is -0.311 e. The molecular weight excluding hydrogens is 265 g/mol. The van der Waals surface area contributed by atoms with Gasteiger partial charge in [0.05, 0.1) is 6.20 Å². The Morgan fingerprint density at radius 2 is 2.00 bits per heavy atom. The van der Waals surface area contributed by atoms with Crippen LogP contribution < -0.4 is 5.32 Å². The van der Waals surface area contributed by atoms with Crippen molar-refractivity contribution in [2.45, 2.75) is 38.6 Å². The predicted octanol–water partition coefficient (Wildman–Crippen LogP) is 3.27. The van der Waals surface area contributed by atoms with Gasteiger partial charge in [0.1, 0.15) is 5.82 Å². The Bertz CT molecular complexity index is 584. The molecule has 21 heavy (non-hydrogen) atoms. The van der Waals surface area contributed by atoms with E-state index >= 15 is 0 Å². The molecule has 2 rings (SSSR count). The van der Waals surface area contributed by atoms with Crippen LogP contribution in [0.25, 0.3) is 0 Å². The number of aryl methyl sites for hydroxylation is 1. The Hall–Kier alpha value is -1.68. The molecule has 1 unspecified atom stereocenters. The minimum atomic E-state index is -0.137. The fourth-order valence-corrected chi connectivity index (χ4v) is 2.39. The average molecular weight is 289 g/mol. The molecule has 0 radical (unpaired) electrons. The Morgan fingerprint density at radius 1 is 1.29 bits per heavy atom. The van der Waals surface area contributed by atoms with E-state index in [0.29, 0.717) is 0 Å². The quantitative estimate of drug-likeness (QED) is 0.915. The molecule has 0 bridgehead atoms. The summed E-state index contributed by atoms with van der Waals surface area (Å²) in [6.45, 7) is 7.10. The second-order valence-corrected chi connectivity index (χ2v) is 6.58. The van der Waals surface area contributed by atoms with E-state index in [-0.39, 0.29) is 17.3 Å². The number of hydrogen-bond donors (Lipinski definition) is 1. The summed E-state index contributed by atoms with van der Waals surface area (Å²) < 4.78 is 15.9. The molecule has 0 aliphatic rings. The van der Waals surface area contributed by atoms with E-state index in [9.17, 15) is 4.39 Å². The third-order valence-corrected chi connectivity index (χ3v) is 3.46. The number of nitrogens with one attached hydrogen (secondary N) is 1. The lowest BCUT2D eigenvalue weighted by Gasteiger charge is -2.25. The highest BCUT2D eigenvalue weighted by Crippen LogP contribution is 2.23. The highest BCUT2D eigenvalue weighted by atomic mass is 19.1. The van der Waals surface area contributed by atoms with Crippen LogP contribution in [0.15, 0.2) is 36.7 Å².